The van der Waals surface area contributed by atoms with Gasteiger partial charge in [0.05, 0.1) is 19.6 Å². The Balaban J connectivity index is 3.25. The summed E-state index contributed by atoms with van der Waals surface area (Å²) in [5.74, 6) is 0.0961. The summed E-state index contributed by atoms with van der Waals surface area (Å²) < 4.78 is 30.2. The lowest BCUT2D eigenvalue weighted by atomic mass is 10.2. The van der Waals surface area contributed by atoms with Crippen molar-refractivity contribution >= 4 is 22.6 Å². The molecule has 0 aliphatic rings. The van der Waals surface area contributed by atoms with Gasteiger partial charge in [-0.25, -0.2) is 13.8 Å². The molecular formula is C9H7F2IN2O. The van der Waals surface area contributed by atoms with Gasteiger partial charge in [0.15, 0.2) is 0 Å². The number of halogens is 3. The number of pyridine rings is 1. The average Bonchev–Trinajstić information content (AvgIpc) is 2.20. The summed E-state index contributed by atoms with van der Waals surface area (Å²) >= 11 is 1.89. The molecular weight excluding hydrogens is 317 g/mol. The van der Waals surface area contributed by atoms with Gasteiger partial charge in [-0.05, 0) is 28.7 Å². The Morgan fingerprint density at radius 3 is 2.80 bits per heavy atom. The number of aromatic nitrogens is 1. The second kappa shape index (κ2) is 5.21. The van der Waals surface area contributed by atoms with E-state index in [2.05, 4.69) is 4.98 Å². The maximum absolute atomic E-state index is 12.4. The van der Waals surface area contributed by atoms with Crippen molar-refractivity contribution in [2.75, 3.05) is 7.11 Å². The fraction of sp³-hybridized carbons (Fsp3) is 0.333. The smallest absolute Gasteiger partial charge is 0.280 e. The molecule has 15 heavy (non-hydrogen) atoms. The van der Waals surface area contributed by atoms with E-state index in [-0.39, 0.29) is 18.0 Å². The van der Waals surface area contributed by atoms with Gasteiger partial charge in [-0.3, -0.25) is 0 Å². The summed E-state index contributed by atoms with van der Waals surface area (Å²) in [7, 11) is 1.34. The molecule has 0 aromatic carbocycles. The molecule has 3 nitrogen and oxygen atoms in total. The monoisotopic (exact) mass is 324 g/mol. The highest BCUT2D eigenvalue weighted by molar-refractivity contribution is 14.1. The molecule has 0 unspecified atom stereocenters. The van der Waals surface area contributed by atoms with Crippen LogP contribution in [0.4, 0.5) is 8.78 Å². The molecule has 0 spiro atoms. The molecule has 0 aliphatic carbocycles. The second-order valence-corrected chi connectivity index (χ2v) is 3.81. The molecule has 1 aromatic heterocycles. The van der Waals surface area contributed by atoms with Crippen molar-refractivity contribution in [2.24, 2.45) is 0 Å². The normalized spacial score (nSPS) is 10.1. The van der Waals surface area contributed by atoms with E-state index in [9.17, 15) is 8.78 Å². The van der Waals surface area contributed by atoms with Crippen LogP contribution in [0.15, 0.2) is 6.07 Å². The first kappa shape index (κ1) is 12.1. The number of alkyl halides is 2. The molecule has 0 N–H and O–H groups in total. The first-order chi connectivity index (χ1) is 7.10. The van der Waals surface area contributed by atoms with Crippen LogP contribution in [0.5, 0.6) is 5.88 Å². The van der Waals surface area contributed by atoms with Crippen LogP contribution in [0.2, 0.25) is 0 Å². The molecule has 0 saturated carbocycles. The summed E-state index contributed by atoms with van der Waals surface area (Å²) in [6.07, 6.45) is -2.54. The van der Waals surface area contributed by atoms with E-state index < -0.39 is 6.43 Å². The maximum atomic E-state index is 12.4. The standard InChI is InChI=1S/C9H7F2IN2O/c1-15-9-5(2-3-13)6(12)4-7(14-9)8(10)11/h4,8H,2H2,1H3. The van der Waals surface area contributed by atoms with Gasteiger partial charge in [-0.15, -0.1) is 0 Å². The fourth-order valence-corrected chi connectivity index (χ4v) is 1.80. The summed E-state index contributed by atoms with van der Waals surface area (Å²) in [5, 5.41) is 8.56. The Kier molecular flexibility index (Phi) is 4.20. The lowest BCUT2D eigenvalue weighted by molar-refractivity contribution is 0.145. The Hall–Kier alpha value is -0.970. The molecule has 0 atom stereocenters. The van der Waals surface area contributed by atoms with Crippen LogP contribution in [0, 0.1) is 14.9 Å². The number of methoxy groups -OCH3 is 1. The SMILES string of the molecule is COc1nc(C(F)F)cc(I)c1CC#N. The highest BCUT2D eigenvalue weighted by Crippen LogP contribution is 2.27. The molecule has 0 fully saturated rings. The largest absolute Gasteiger partial charge is 0.481 e. The molecule has 1 rings (SSSR count). The molecule has 6 heteroatoms. The molecule has 1 heterocycles. The molecule has 0 amide bonds. The van der Waals surface area contributed by atoms with Gasteiger partial charge < -0.3 is 4.74 Å². The maximum Gasteiger partial charge on any atom is 0.280 e. The summed E-state index contributed by atoms with van der Waals surface area (Å²) in [5.41, 5.74) is 0.211. The van der Waals surface area contributed by atoms with Crippen LogP contribution in [-0.2, 0) is 6.42 Å². The average molecular weight is 324 g/mol. The fourth-order valence-electron chi connectivity index (χ4n) is 1.06. The lowest BCUT2D eigenvalue weighted by Gasteiger charge is -2.09. The molecule has 1 aromatic rings. The highest BCUT2D eigenvalue weighted by atomic mass is 127. The third-order valence-electron chi connectivity index (χ3n) is 1.72. The first-order valence-electron chi connectivity index (χ1n) is 3.98. The first-order valence-corrected chi connectivity index (χ1v) is 5.06. The van der Waals surface area contributed by atoms with Crippen molar-refractivity contribution in [3.63, 3.8) is 0 Å². The van der Waals surface area contributed by atoms with E-state index in [0.717, 1.165) is 0 Å². The summed E-state index contributed by atoms with van der Waals surface area (Å²) in [6.45, 7) is 0. The van der Waals surface area contributed by atoms with Crippen molar-refractivity contribution in [1.29, 1.82) is 5.26 Å². The Labute approximate surface area is 99.2 Å². The van der Waals surface area contributed by atoms with Crippen LogP contribution in [-0.4, -0.2) is 12.1 Å². The summed E-state index contributed by atoms with van der Waals surface area (Å²) in [4.78, 5) is 3.64. The summed E-state index contributed by atoms with van der Waals surface area (Å²) in [6, 6.07) is 3.20. The van der Waals surface area contributed by atoms with E-state index in [4.69, 9.17) is 10.00 Å². The molecule has 0 saturated heterocycles. The topological polar surface area (TPSA) is 45.9 Å². The number of nitriles is 1. The van der Waals surface area contributed by atoms with E-state index >= 15 is 0 Å². The van der Waals surface area contributed by atoms with Gasteiger partial charge in [-0.2, -0.15) is 5.26 Å². The predicted octanol–water partition coefficient (Wildman–Crippen LogP) is 2.70. The van der Waals surface area contributed by atoms with E-state index in [1.165, 1.54) is 13.2 Å². The Bertz CT molecular complexity index is 404. The van der Waals surface area contributed by atoms with Gasteiger partial charge in [0, 0.05) is 9.13 Å². The highest BCUT2D eigenvalue weighted by Gasteiger charge is 2.16. The van der Waals surface area contributed by atoms with Crippen LogP contribution in [0.3, 0.4) is 0 Å². The van der Waals surface area contributed by atoms with Crippen molar-refractivity contribution in [1.82, 2.24) is 4.98 Å². The van der Waals surface area contributed by atoms with E-state index in [1.807, 2.05) is 28.7 Å². The Morgan fingerprint density at radius 1 is 1.67 bits per heavy atom. The molecule has 0 bridgehead atoms. The van der Waals surface area contributed by atoms with Crippen molar-refractivity contribution in [3.8, 4) is 11.9 Å². The Morgan fingerprint density at radius 2 is 2.33 bits per heavy atom. The lowest BCUT2D eigenvalue weighted by Crippen LogP contribution is -2.01. The molecule has 80 valence electrons. The van der Waals surface area contributed by atoms with Gasteiger partial charge in [0.25, 0.3) is 6.43 Å². The third kappa shape index (κ3) is 2.75. The minimum Gasteiger partial charge on any atom is -0.481 e. The minimum absolute atomic E-state index is 0.0952. The molecule has 0 aliphatic heterocycles. The number of hydrogen-bond acceptors (Lipinski definition) is 3. The van der Waals surface area contributed by atoms with Gasteiger partial charge in [0.2, 0.25) is 5.88 Å². The van der Waals surface area contributed by atoms with Crippen LogP contribution >= 0.6 is 22.6 Å². The van der Waals surface area contributed by atoms with Gasteiger partial charge >= 0.3 is 0 Å². The number of nitrogens with zero attached hydrogens (tertiary/aromatic N) is 2. The quantitative estimate of drug-likeness (QED) is 0.803. The van der Waals surface area contributed by atoms with Gasteiger partial charge in [0.1, 0.15) is 5.69 Å². The van der Waals surface area contributed by atoms with E-state index in [1.54, 1.807) is 0 Å². The van der Waals surface area contributed by atoms with Crippen molar-refractivity contribution in [2.45, 2.75) is 12.8 Å². The second-order valence-electron chi connectivity index (χ2n) is 2.65. The van der Waals surface area contributed by atoms with Crippen LogP contribution < -0.4 is 4.74 Å². The minimum atomic E-state index is -2.64. The number of ether oxygens (including phenoxy) is 1. The number of rotatable bonds is 3. The predicted molar refractivity (Wildman–Crippen MR) is 57.8 cm³/mol. The number of hydrogen-bond donors (Lipinski definition) is 0. The van der Waals surface area contributed by atoms with E-state index in [0.29, 0.717) is 9.13 Å². The van der Waals surface area contributed by atoms with Crippen LogP contribution in [0.1, 0.15) is 17.7 Å². The van der Waals surface area contributed by atoms with Crippen LogP contribution in [0.25, 0.3) is 0 Å². The zero-order valence-electron chi connectivity index (χ0n) is 7.80. The van der Waals surface area contributed by atoms with Gasteiger partial charge in [-0.1, -0.05) is 0 Å². The van der Waals surface area contributed by atoms with Crippen molar-refractivity contribution in [3.05, 3.63) is 20.9 Å². The zero-order valence-corrected chi connectivity index (χ0v) is 9.96. The zero-order chi connectivity index (χ0) is 11.4. The van der Waals surface area contributed by atoms with Crippen molar-refractivity contribution < 1.29 is 13.5 Å². The molecule has 0 radical (unpaired) electrons. The third-order valence-corrected chi connectivity index (χ3v) is 2.69.